The molecule has 1 amide bonds. The average molecular weight is 324 g/mol. The summed E-state index contributed by atoms with van der Waals surface area (Å²) in [5, 5.41) is 4.08. The van der Waals surface area contributed by atoms with Crippen molar-refractivity contribution in [2.24, 2.45) is 0 Å². The summed E-state index contributed by atoms with van der Waals surface area (Å²) in [6, 6.07) is 13.2. The molecule has 0 saturated carbocycles. The maximum atomic E-state index is 13.0. The largest absolute Gasteiger partial charge is 0.335 e. The fourth-order valence-electron chi connectivity index (χ4n) is 2.44. The molecule has 1 heterocycles. The lowest BCUT2D eigenvalue weighted by atomic mass is 10.1. The molecule has 1 aromatic heterocycles. The minimum Gasteiger partial charge on any atom is -0.335 e. The van der Waals surface area contributed by atoms with Crippen molar-refractivity contribution in [3.63, 3.8) is 0 Å². The van der Waals surface area contributed by atoms with Crippen LogP contribution in [0.3, 0.4) is 0 Å². The van der Waals surface area contributed by atoms with Gasteiger partial charge in [0, 0.05) is 12.6 Å². The van der Waals surface area contributed by atoms with E-state index in [0.717, 1.165) is 11.3 Å². The van der Waals surface area contributed by atoms with E-state index >= 15 is 0 Å². The topological polar surface area (TPSA) is 51.0 Å². The highest BCUT2D eigenvalue weighted by molar-refractivity contribution is 5.94. The molecule has 3 rings (SSSR count). The zero-order chi connectivity index (χ0) is 17.1. The van der Waals surface area contributed by atoms with Gasteiger partial charge in [-0.15, -0.1) is 0 Å². The molecule has 24 heavy (non-hydrogen) atoms. The van der Waals surface area contributed by atoms with Crippen LogP contribution in [0.5, 0.6) is 0 Å². The number of carbonyl (C=O) groups is 1. The van der Waals surface area contributed by atoms with Crippen LogP contribution in [0, 0.1) is 5.82 Å². The normalized spacial score (nSPS) is 12.0. The van der Waals surface area contributed by atoms with Crippen molar-refractivity contribution in [2.75, 3.05) is 7.05 Å². The molecular formula is C18H17FN4O. The zero-order valence-corrected chi connectivity index (χ0v) is 13.4. The van der Waals surface area contributed by atoms with Gasteiger partial charge in [-0.2, -0.15) is 5.10 Å². The van der Waals surface area contributed by atoms with Gasteiger partial charge in [-0.3, -0.25) is 4.79 Å². The molecule has 1 atom stereocenters. The summed E-state index contributed by atoms with van der Waals surface area (Å²) in [7, 11) is 1.74. The van der Waals surface area contributed by atoms with Gasteiger partial charge < -0.3 is 4.90 Å². The lowest BCUT2D eigenvalue weighted by Gasteiger charge is -2.25. The number of benzene rings is 2. The Labute approximate surface area is 139 Å². The van der Waals surface area contributed by atoms with E-state index in [4.69, 9.17) is 0 Å². The van der Waals surface area contributed by atoms with Gasteiger partial charge in [-0.1, -0.05) is 12.1 Å². The highest BCUT2D eigenvalue weighted by atomic mass is 19.1. The van der Waals surface area contributed by atoms with Crippen molar-refractivity contribution in [3.05, 3.63) is 78.1 Å². The van der Waals surface area contributed by atoms with Crippen LogP contribution in [0.25, 0.3) is 5.69 Å². The highest BCUT2D eigenvalue weighted by Gasteiger charge is 2.19. The van der Waals surface area contributed by atoms with Crippen molar-refractivity contribution in [1.82, 2.24) is 19.7 Å². The molecule has 0 fully saturated rings. The third kappa shape index (κ3) is 3.17. The van der Waals surface area contributed by atoms with Crippen LogP contribution < -0.4 is 0 Å². The summed E-state index contributed by atoms with van der Waals surface area (Å²) in [6.07, 6.45) is 3.11. The van der Waals surface area contributed by atoms with E-state index in [-0.39, 0.29) is 17.8 Å². The van der Waals surface area contributed by atoms with Crippen LogP contribution in [-0.4, -0.2) is 32.6 Å². The van der Waals surface area contributed by atoms with Gasteiger partial charge in [0.2, 0.25) is 0 Å². The summed E-state index contributed by atoms with van der Waals surface area (Å²) >= 11 is 0. The first-order valence-corrected chi connectivity index (χ1v) is 7.54. The highest BCUT2D eigenvalue weighted by Crippen LogP contribution is 2.22. The van der Waals surface area contributed by atoms with Gasteiger partial charge in [0.05, 0.1) is 11.7 Å². The van der Waals surface area contributed by atoms with Crippen LogP contribution in [0.2, 0.25) is 0 Å². The Hall–Kier alpha value is -3.02. The predicted octanol–water partition coefficient (Wildman–Crippen LogP) is 3.24. The van der Waals surface area contributed by atoms with Gasteiger partial charge in [-0.05, 0) is 48.9 Å². The molecule has 0 aliphatic heterocycles. The minimum absolute atomic E-state index is 0.118. The molecule has 0 radical (unpaired) electrons. The van der Waals surface area contributed by atoms with Gasteiger partial charge in [0.15, 0.2) is 0 Å². The number of hydrogen-bond acceptors (Lipinski definition) is 3. The molecule has 2 aromatic carbocycles. The van der Waals surface area contributed by atoms with Crippen LogP contribution in [0.15, 0.2) is 61.2 Å². The molecule has 122 valence electrons. The minimum atomic E-state index is -0.356. The van der Waals surface area contributed by atoms with Crippen LogP contribution in [0.4, 0.5) is 4.39 Å². The molecule has 3 aromatic rings. The van der Waals surface area contributed by atoms with Gasteiger partial charge >= 0.3 is 0 Å². The number of nitrogens with zero attached hydrogens (tertiary/aromatic N) is 4. The third-order valence-corrected chi connectivity index (χ3v) is 4.05. The number of halogens is 1. The fourth-order valence-corrected chi connectivity index (χ4v) is 2.44. The predicted molar refractivity (Wildman–Crippen MR) is 88.3 cm³/mol. The van der Waals surface area contributed by atoms with E-state index in [1.54, 1.807) is 23.0 Å². The standard InChI is InChI=1S/C18H17FN4O/c1-13(22(2)18(24)15-3-7-16(19)8-4-15)14-5-9-17(10-6-14)23-12-20-11-21-23/h3-13H,1-2H3/t13-/m0/s1. The van der Waals surface area contributed by atoms with E-state index in [2.05, 4.69) is 10.1 Å². The van der Waals surface area contributed by atoms with E-state index in [0.29, 0.717) is 5.56 Å². The van der Waals surface area contributed by atoms with Crippen molar-refractivity contribution < 1.29 is 9.18 Å². The van der Waals surface area contributed by atoms with E-state index in [9.17, 15) is 9.18 Å². The maximum absolute atomic E-state index is 13.0. The van der Waals surface area contributed by atoms with Crippen molar-refractivity contribution in [1.29, 1.82) is 0 Å². The summed E-state index contributed by atoms with van der Waals surface area (Å²) in [4.78, 5) is 18.1. The molecule has 0 saturated heterocycles. The lowest BCUT2D eigenvalue weighted by Crippen LogP contribution is -2.29. The van der Waals surface area contributed by atoms with Crippen LogP contribution in [-0.2, 0) is 0 Å². The Morgan fingerprint density at radius 3 is 2.38 bits per heavy atom. The first kappa shape index (κ1) is 15.9. The molecule has 0 aliphatic carbocycles. The monoisotopic (exact) mass is 324 g/mol. The second-order valence-corrected chi connectivity index (χ2v) is 5.53. The number of carbonyl (C=O) groups excluding carboxylic acids is 1. The number of aromatic nitrogens is 3. The average Bonchev–Trinajstić information content (AvgIpc) is 3.15. The Bertz CT molecular complexity index is 813. The number of hydrogen-bond donors (Lipinski definition) is 0. The maximum Gasteiger partial charge on any atom is 0.254 e. The quantitative estimate of drug-likeness (QED) is 0.740. The number of amides is 1. The molecule has 0 spiro atoms. The van der Waals surface area contributed by atoms with Crippen molar-refractivity contribution in [2.45, 2.75) is 13.0 Å². The van der Waals surface area contributed by atoms with Crippen molar-refractivity contribution >= 4 is 5.91 Å². The molecular weight excluding hydrogens is 307 g/mol. The molecule has 0 N–H and O–H groups in total. The third-order valence-electron chi connectivity index (χ3n) is 4.05. The second-order valence-electron chi connectivity index (χ2n) is 5.53. The van der Waals surface area contributed by atoms with E-state index in [1.165, 1.54) is 30.6 Å². The van der Waals surface area contributed by atoms with Gasteiger partial charge in [0.1, 0.15) is 18.5 Å². The van der Waals surface area contributed by atoms with Crippen molar-refractivity contribution in [3.8, 4) is 5.69 Å². The van der Waals surface area contributed by atoms with Crippen LogP contribution >= 0.6 is 0 Å². The van der Waals surface area contributed by atoms with E-state index in [1.807, 2.05) is 31.2 Å². The first-order valence-electron chi connectivity index (χ1n) is 7.54. The summed E-state index contributed by atoms with van der Waals surface area (Å²) in [5.74, 6) is -0.506. The fraction of sp³-hybridized carbons (Fsp3) is 0.167. The first-order chi connectivity index (χ1) is 11.6. The van der Waals surface area contributed by atoms with Crippen LogP contribution in [0.1, 0.15) is 28.9 Å². The summed E-state index contributed by atoms with van der Waals surface area (Å²) in [5.41, 5.74) is 2.36. The second kappa shape index (κ2) is 6.62. The number of rotatable bonds is 4. The Balaban J connectivity index is 1.76. The molecule has 0 aliphatic rings. The summed E-state index contributed by atoms with van der Waals surface area (Å²) in [6.45, 7) is 1.95. The molecule has 6 heteroatoms. The molecule has 0 unspecified atom stereocenters. The zero-order valence-electron chi connectivity index (χ0n) is 13.4. The Morgan fingerprint density at radius 1 is 1.12 bits per heavy atom. The SMILES string of the molecule is C[C@@H](c1ccc(-n2cncn2)cc1)N(C)C(=O)c1ccc(F)cc1. The van der Waals surface area contributed by atoms with E-state index < -0.39 is 0 Å². The summed E-state index contributed by atoms with van der Waals surface area (Å²) < 4.78 is 14.7. The molecule has 5 nitrogen and oxygen atoms in total. The smallest absolute Gasteiger partial charge is 0.254 e. The molecule has 0 bridgehead atoms. The van der Waals surface area contributed by atoms with Gasteiger partial charge in [0.25, 0.3) is 5.91 Å². The Morgan fingerprint density at radius 2 is 1.79 bits per heavy atom. The lowest BCUT2D eigenvalue weighted by molar-refractivity contribution is 0.0742. The Kier molecular flexibility index (Phi) is 4.37. The van der Waals surface area contributed by atoms with Gasteiger partial charge in [-0.25, -0.2) is 14.1 Å².